The van der Waals surface area contributed by atoms with E-state index in [9.17, 15) is 44.3 Å². The second kappa shape index (κ2) is 4.93. The van der Waals surface area contributed by atoms with Crippen LogP contribution in [0.5, 0.6) is 0 Å². The summed E-state index contributed by atoms with van der Waals surface area (Å²) in [6.45, 7) is 2.68. The third kappa shape index (κ3) is 3.13. The first kappa shape index (κ1) is 17.6. The van der Waals surface area contributed by atoms with Gasteiger partial charge in [-0.25, -0.2) is 0 Å². The lowest BCUT2D eigenvalue weighted by molar-refractivity contribution is -0.395. The Morgan fingerprint density at radius 1 is 0.947 bits per heavy atom. The van der Waals surface area contributed by atoms with Gasteiger partial charge in [-0.2, -0.15) is 39.5 Å². The topological polar surface area (TPSA) is 26.3 Å². The molecule has 0 atom stereocenters. The molecule has 0 aromatic heterocycles. The van der Waals surface area contributed by atoms with Gasteiger partial charge in [0.1, 0.15) is 6.42 Å². The van der Waals surface area contributed by atoms with Gasteiger partial charge in [-0.3, -0.25) is 4.79 Å². The lowest BCUT2D eigenvalue weighted by Gasteiger charge is -2.33. The van der Waals surface area contributed by atoms with Gasteiger partial charge in [0.2, 0.25) is 0 Å². The van der Waals surface area contributed by atoms with E-state index in [0.717, 1.165) is 0 Å². The molecule has 0 radical (unpaired) electrons. The average Bonchev–Trinajstić information content (AvgIpc) is 2.14. The van der Waals surface area contributed by atoms with Crippen molar-refractivity contribution in [1.29, 1.82) is 0 Å². The first-order valence-corrected chi connectivity index (χ1v) is 4.21. The molecule has 0 heterocycles. The maximum absolute atomic E-state index is 12.7. The molecule has 112 valence electrons. The van der Waals surface area contributed by atoms with Crippen molar-refractivity contribution in [3.05, 3.63) is 12.8 Å². The Balaban J connectivity index is 5.39. The van der Waals surface area contributed by atoms with Gasteiger partial charge in [-0.05, 0) is 0 Å². The molecule has 2 nitrogen and oxygen atoms in total. The molecule has 0 aromatic carbocycles. The van der Waals surface area contributed by atoms with E-state index >= 15 is 0 Å². The molecule has 0 unspecified atom stereocenters. The van der Waals surface area contributed by atoms with Crippen LogP contribution >= 0.6 is 0 Å². The Hall–Kier alpha value is -1.42. The Bertz CT molecular complexity index is 358. The molecule has 0 fully saturated rings. The van der Waals surface area contributed by atoms with Crippen LogP contribution in [0, 0.1) is 0 Å². The van der Waals surface area contributed by atoms with Crippen LogP contribution in [-0.2, 0) is 9.53 Å². The highest BCUT2D eigenvalue weighted by Gasteiger charge is 2.81. The molecule has 0 aliphatic carbocycles. The fourth-order valence-electron chi connectivity index (χ4n) is 0.835. The van der Waals surface area contributed by atoms with Gasteiger partial charge in [-0.15, -0.1) is 0 Å². The van der Waals surface area contributed by atoms with Gasteiger partial charge in [0.15, 0.2) is 0 Å². The van der Waals surface area contributed by atoms with Crippen LogP contribution in [0.3, 0.4) is 0 Å². The van der Waals surface area contributed by atoms with E-state index in [1.807, 2.05) is 0 Å². The van der Waals surface area contributed by atoms with Crippen molar-refractivity contribution in [3.63, 3.8) is 0 Å². The maximum atomic E-state index is 12.7. The zero-order valence-electron chi connectivity index (χ0n) is 8.71. The highest BCUT2D eigenvalue weighted by Crippen LogP contribution is 2.54. The number of rotatable bonds is 5. The zero-order chi connectivity index (χ0) is 15.7. The van der Waals surface area contributed by atoms with Crippen LogP contribution in [0.4, 0.5) is 39.5 Å². The number of carbonyl (C=O) groups is 1. The lowest BCUT2D eigenvalue weighted by atomic mass is 10.0. The third-order valence-corrected chi connectivity index (χ3v) is 1.79. The number of esters is 1. The highest BCUT2D eigenvalue weighted by molar-refractivity contribution is 5.71. The third-order valence-electron chi connectivity index (χ3n) is 1.79. The van der Waals surface area contributed by atoms with Crippen molar-refractivity contribution in [2.45, 2.75) is 30.4 Å². The van der Waals surface area contributed by atoms with E-state index in [1.165, 1.54) is 0 Å². The molecule has 0 aromatic rings. The largest absolute Gasteiger partial charge is 0.460 e. The Labute approximate surface area is 99.4 Å². The number of halogens is 9. The summed E-state index contributed by atoms with van der Waals surface area (Å²) >= 11 is 0. The minimum Gasteiger partial charge on any atom is -0.435 e. The molecule has 0 N–H and O–H groups in total. The summed E-state index contributed by atoms with van der Waals surface area (Å²) in [6, 6.07) is 0. The van der Waals surface area contributed by atoms with Crippen molar-refractivity contribution in [3.8, 4) is 0 Å². The fraction of sp³-hybridized carbons (Fsp3) is 0.625. The normalized spacial score (nSPS) is 14.2. The summed E-state index contributed by atoms with van der Waals surface area (Å²) in [7, 11) is 0. The van der Waals surface area contributed by atoms with Gasteiger partial charge in [0, 0.05) is 0 Å². The van der Waals surface area contributed by atoms with Crippen LogP contribution in [0.25, 0.3) is 0 Å². The average molecular weight is 304 g/mol. The number of carbonyl (C=O) groups excluding carboxylic acids is 1. The predicted molar refractivity (Wildman–Crippen MR) is 41.8 cm³/mol. The van der Waals surface area contributed by atoms with E-state index in [-0.39, 0.29) is 6.26 Å². The molecule has 0 aliphatic rings. The molecule has 0 amide bonds. The van der Waals surface area contributed by atoms with Crippen molar-refractivity contribution in [2.75, 3.05) is 0 Å². The van der Waals surface area contributed by atoms with Crippen LogP contribution in [0.1, 0.15) is 6.42 Å². The minimum absolute atomic E-state index is 0.221. The summed E-state index contributed by atoms with van der Waals surface area (Å²) in [6.07, 6.45) is -9.36. The van der Waals surface area contributed by atoms with Crippen LogP contribution in [0.2, 0.25) is 0 Å². The molecular formula is C8H5F9O2. The lowest BCUT2D eigenvalue weighted by Crippen LogP contribution is -2.61. The number of hydrogen-bond donors (Lipinski definition) is 0. The van der Waals surface area contributed by atoms with Gasteiger partial charge in [-0.1, -0.05) is 6.58 Å². The maximum Gasteiger partial charge on any atom is 0.460 e. The van der Waals surface area contributed by atoms with Crippen molar-refractivity contribution in [1.82, 2.24) is 0 Å². The first-order chi connectivity index (χ1) is 8.20. The quantitative estimate of drug-likeness (QED) is 0.441. The number of ether oxygens (including phenoxy) is 1. The molecule has 0 saturated heterocycles. The standard InChI is InChI=1S/C8H5F9O2/c1-2-19-4(18)3-5(9,10)6(11,12)7(13,14)8(15,16)17/h2H,1,3H2. The summed E-state index contributed by atoms with van der Waals surface area (Å²) in [5, 5.41) is 0. The van der Waals surface area contributed by atoms with Crippen molar-refractivity contribution < 1.29 is 49.0 Å². The van der Waals surface area contributed by atoms with E-state index in [4.69, 9.17) is 0 Å². The van der Waals surface area contributed by atoms with Crippen LogP contribution in [0.15, 0.2) is 12.8 Å². The van der Waals surface area contributed by atoms with Crippen LogP contribution < -0.4 is 0 Å². The fourth-order valence-corrected chi connectivity index (χ4v) is 0.835. The predicted octanol–water partition coefficient (Wildman–Crippen LogP) is 3.53. The highest BCUT2D eigenvalue weighted by atomic mass is 19.4. The number of alkyl halides is 9. The molecule has 0 saturated carbocycles. The molecule has 0 aliphatic heterocycles. The van der Waals surface area contributed by atoms with Crippen molar-refractivity contribution >= 4 is 5.97 Å². The Morgan fingerprint density at radius 3 is 1.68 bits per heavy atom. The van der Waals surface area contributed by atoms with Gasteiger partial charge < -0.3 is 4.74 Å². The monoisotopic (exact) mass is 304 g/mol. The second-order valence-corrected chi connectivity index (χ2v) is 3.18. The molecule has 0 spiro atoms. The second-order valence-electron chi connectivity index (χ2n) is 3.18. The molecule has 19 heavy (non-hydrogen) atoms. The summed E-state index contributed by atoms with van der Waals surface area (Å²) in [4.78, 5) is 10.4. The van der Waals surface area contributed by atoms with Crippen molar-refractivity contribution in [2.24, 2.45) is 0 Å². The summed E-state index contributed by atoms with van der Waals surface area (Å²) < 4.78 is 114. The van der Waals surface area contributed by atoms with E-state index in [0.29, 0.717) is 0 Å². The zero-order valence-corrected chi connectivity index (χ0v) is 8.71. The van der Waals surface area contributed by atoms with E-state index in [1.54, 1.807) is 0 Å². The van der Waals surface area contributed by atoms with Gasteiger partial charge in [0.25, 0.3) is 0 Å². The molecule has 0 rings (SSSR count). The molecule has 11 heteroatoms. The molecule has 0 bridgehead atoms. The van der Waals surface area contributed by atoms with E-state index in [2.05, 4.69) is 11.3 Å². The van der Waals surface area contributed by atoms with Gasteiger partial charge in [0.05, 0.1) is 6.26 Å². The first-order valence-electron chi connectivity index (χ1n) is 4.21. The van der Waals surface area contributed by atoms with Gasteiger partial charge >= 0.3 is 29.9 Å². The number of hydrogen-bond acceptors (Lipinski definition) is 2. The van der Waals surface area contributed by atoms with Crippen LogP contribution in [-0.4, -0.2) is 29.9 Å². The SMILES string of the molecule is C=COC(=O)CC(F)(F)C(F)(F)C(F)(F)C(F)(F)F. The minimum atomic E-state index is -7.02. The smallest absolute Gasteiger partial charge is 0.435 e. The molecular weight excluding hydrogens is 299 g/mol. The van der Waals surface area contributed by atoms with E-state index < -0.39 is 36.3 Å². The Kier molecular flexibility index (Phi) is 4.56. The summed E-state index contributed by atoms with van der Waals surface area (Å²) in [5.74, 6) is -21.9. The summed E-state index contributed by atoms with van der Waals surface area (Å²) in [5.41, 5.74) is 0. The Morgan fingerprint density at radius 2 is 1.37 bits per heavy atom.